The van der Waals surface area contributed by atoms with Crippen LogP contribution in [0.2, 0.25) is 5.02 Å². The third kappa shape index (κ3) is 3.45. The van der Waals surface area contributed by atoms with Crippen molar-refractivity contribution in [1.82, 2.24) is 0 Å². The minimum Gasteiger partial charge on any atom is -0.379 e. The molecule has 0 atom stereocenters. The van der Waals surface area contributed by atoms with E-state index < -0.39 is 0 Å². The van der Waals surface area contributed by atoms with E-state index in [1.165, 1.54) is 12.1 Å². The zero-order valence-electron chi connectivity index (χ0n) is 8.88. The predicted octanol–water partition coefficient (Wildman–Crippen LogP) is 4.85. The molecule has 0 unspecified atom stereocenters. The van der Waals surface area contributed by atoms with Gasteiger partial charge in [-0.2, -0.15) is 0 Å². The number of hydrogen-bond acceptors (Lipinski definition) is 1. The Kier molecular flexibility index (Phi) is 4.02. The van der Waals surface area contributed by atoms with Crippen molar-refractivity contribution < 1.29 is 4.39 Å². The fourth-order valence-electron chi connectivity index (χ4n) is 1.48. The minimum atomic E-state index is -0.301. The fraction of sp³-hybridized carbons (Fsp3) is 0.0769. The van der Waals surface area contributed by atoms with Gasteiger partial charge in [-0.05, 0) is 35.9 Å². The lowest BCUT2D eigenvalue weighted by Gasteiger charge is -2.08. The lowest BCUT2D eigenvalue weighted by molar-refractivity contribution is 0.630. The molecule has 1 nitrogen and oxygen atoms in total. The van der Waals surface area contributed by atoms with Gasteiger partial charge in [0.25, 0.3) is 0 Å². The van der Waals surface area contributed by atoms with Crippen LogP contribution in [0.3, 0.4) is 0 Å². The molecule has 0 amide bonds. The summed E-state index contributed by atoms with van der Waals surface area (Å²) in [7, 11) is 0. The summed E-state index contributed by atoms with van der Waals surface area (Å²) in [5.74, 6) is -0.301. The van der Waals surface area contributed by atoms with E-state index in [0.29, 0.717) is 17.3 Å². The van der Waals surface area contributed by atoms with Gasteiger partial charge in [0.15, 0.2) is 0 Å². The lowest BCUT2D eigenvalue weighted by Crippen LogP contribution is -2.01. The molecule has 0 saturated carbocycles. The number of rotatable bonds is 3. The second kappa shape index (κ2) is 5.52. The lowest BCUT2D eigenvalue weighted by atomic mass is 10.2. The van der Waals surface area contributed by atoms with Crippen LogP contribution in [-0.4, -0.2) is 0 Å². The average molecular weight is 315 g/mol. The third-order valence-electron chi connectivity index (χ3n) is 2.30. The number of halogens is 3. The molecule has 0 bridgehead atoms. The first kappa shape index (κ1) is 12.4. The fourth-order valence-corrected chi connectivity index (χ4v) is 2.10. The van der Waals surface area contributed by atoms with Crippen LogP contribution in [0.5, 0.6) is 0 Å². The molecular formula is C13H10BrClFN. The van der Waals surface area contributed by atoms with E-state index in [1.54, 1.807) is 6.07 Å². The summed E-state index contributed by atoms with van der Waals surface area (Å²) in [5, 5.41) is 3.53. The van der Waals surface area contributed by atoms with Gasteiger partial charge < -0.3 is 5.32 Å². The number of hydrogen-bond donors (Lipinski definition) is 1. The Morgan fingerprint density at radius 3 is 2.76 bits per heavy atom. The van der Waals surface area contributed by atoms with E-state index in [-0.39, 0.29) is 5.82 Å². The second-order valence-corrected chi connectivity index (χ2v) is 4.96. The Labute approximate surface area is 113 Å². The summed E-state index contributed by atoms with van der Waals surface area (Å²) >= 11 is 9.20. The molecule has 17 heavy (non-hydrogen) atoms. The average Bonchev–Trinajstić information content (AvgIpc) is 2.30. The zero-order valence-corrected chi connectivity index (χ0v) is 11.2. The monoisotopic (exact) mass is 313 g/mol. The zero-order chi connectivity index (χ0) is 12.3. The van der Waals surface area contributed by atoms with Crippen molar-refractivity contribution in [3.05, 3.63) is 63.3 Å². The summed E-state index contributed by atoms with van der Waals surface area (Å²) in [6.07, 6.45) is 0. The Bertz CT molecular complexity index is 531. The second-order valence-electron chi connectivity index (χ2n) is 3.61. The molecule has 2 aromatic rings. The highest BCUT2D eigenvalue weighted by Gasteiger charge is 2.02. The first-order valence-electron chi connectivity index (χ1n) is 5.08. The Balaban J connectivity index is 2.09. The first-order chi connectivity index (χ1) is 8.15. The smallest absolute Gasteiger partial charge is 0.146 e. The van der Waals surface area contributed by atoms with Crippen molar-refractivity contribution in [2.45, 2.75) is 6.54 Å². The van der Waals surface area contributed by atoms with E-state index in [0.717, 1.165) is 10.0 Å². The van der Waals surface area contributed by atoms with E-state index in [1.807, 2.05) is 24.3 Å². The maximum atomic E-state index is 13.4. The van der Waals surface area contributed by atoms with E-state index in [9.17, 15) is 4.39 Å². The predicted molar refractivity (Wildman–Crippen MR) is 72.9 cm³/mol. The van der Waals surface area contributed by atoms with Crippen molar-refractivity contribution >= 4 is 33.2 Å². The van der Waals surface area contributed by atoms with Gasteiger partial charge in [-0.15, -0.1) is 0 Å². The molecule has 0 heterocycles. The van der Waals surface area contributed by atoms with E-state index >= 15 is 0 Å². The van der Waals surface area contributed by atoms with Crippen LogP contribution < -0.4 is 5.32 Å². The van der Waals surface area contributed by atoms with Crippen LogP contribution in [0.1, 0.15) is 5.56 Å². The normalized spacial score (nSPS) is 10.3. The van der Waals surface area contributed by atoms with Crippen LogP contribution in [0, 0.1) is 5.82 Å². The highest BCUT2D eigenvalue weighted by molar-refractivity contribution is 9.10. The summed E-state index contributed by atoms with van der Waals surface area (Å²) < 4.78 is 14.4. The number of nitrogens with one attached hydrogen (secondary N) is 1. The maximum absolute atomic E-state index is 13.4. The molecule has 0 aliphatic carbocycles. The molecular weight excluding hydrogens is 305 g/mol. The van der Waals surface area contributed by atoms with Gasteiger partial charge in [0, 0.05) is 16.0 Å². The molecule has 0 aliphatic rings. The summed E-state index contributed by atoms with van der Waals surface area (Å²) in [6.45, 7) is 0.552. The molecule has 2 aromatic carbocycles. The number of anilines is 1. The molecule has 0 fully saturated rings. The molecule has 0 saturated heterocycles. The van der Waals surface area contributed by atoms with Gasteiger partial charge in [-0.3, -0.25) is 0 Å². The van der Waals surface area contributed by atoms with Gasteiger partial charge in [-0.25, -0.2) is 4.39 Å². The van der Waals surface area contributed by atoms with Crippen molar-refractivity contribution in [3.63, 3.8) is 0 Å². The maximum Gasteiger partial charge on any atom is 0.146 e. The largest absolute Gasteiger partial charge is 0.379 e. The van der Waals surface area contributed by atoms with Gasteiger partial charge in [0.1, 0.15) is 5.82 Å². The van der Waals surface area contributed by atoms with Crippen molar-refractivity contribution in [3.8, 4) is 0 Å². The molecule has 1 N–H and O–H groups in total. The highest BCUT2D eigenvalue weighted by Crippen LogP contribution is 2.20. The van der Waals surface area contributed by atoms with Crippen molar-refractivity contribution in [1.29, 1.82) is 0 Å². The molecule has 4 heteroatoms. The first-order valence-corrected chi connectivity index (χ1v) is 6.25. The summed E-state index contributed by atoms with van der Waals surface area (Å²) in [4.78, 5) is 0. The molecule has 0 aromatic heterocycles. The van der Waals surface area contributed by atoms with Crippen LogP contribution in [-0.2, 0) is 6.54 Å². The van der Waals surface area contributed by atoms with Crippen LogP contribution in [0.25, 0.3) is 0 Å². The Hall–Kier alpha value is -1.06. The Morgan fingerprint density at radius 1 is 1.18 bits per heavy atom. The SMILES string of the molecule is Fc1ccc(Cl)cc1NCc1cccc(Br)c1. The van der Waals surface area contributed by atoms with Gasteiger partial charge >= 0.3 is 0 Å². The van der Waals surface area contributed by atoms with Gasteiger partial charge in [0.2, 0.25) is 0 Å². The summed E-state index contributed by atoms with van der Waals surface area (Å²) in [6, 6.07) is 12.3. The van der Waals surface area contributed by atoms with E-state index in [2.05, 4.69) is 21.2 Å². The standard InChI is InChI=1S/C13H10BrClFN/c14-10-3-1-2-9(6-10)8-17-13-7-11(15)4-5-12(13)16/h1-7,17H,8H2. The molecule has 0 aliphatic heterocycles. The molecule has 0 radical (unpaired) electrons. The third-order valence-corrected chi connectivity index (χ3v) is 3.03. The van der Waals surface area contributed by atoms with Gasteiger partial charge in [-0.1, -0.05) is 39.7 Å². The molecule has 2 rings (SSSR count). The van der Waals surface area contributed by atoms with E-state index in [4.69, 9.17) is 11.6 Å². The quantitative estimate of drug-likeness (QED) is 0.853. The van der Waals surface area contributed by atoms with Crippen molar-refractivity contribution in [2.75, 3.05) is 5.32 Å². The van der Waals surface area contributed by atoms with Crippen molar-refractivity contribution in [2.24, 2.45) is 0 Å². The number of benzene rings is 2. The summed E-state index contributed by atoms with van der Waals surface area (Å²) in [5.41, 5.74) is 1.48. The van der Waals surface area contributed by atoms with Crippen LogP contribution in [0.15, 0.2) is 46.9 Å². The Morgan fingerprint density at radius 2 is 2.00 bits per heavy atom. The van der Waals surface area contributed by atoms with Crippen LogP contribution >= 0.6 is 27.5 Å². The van der Waals surface area contributed by atoms with Gasteiger partial charge in [0.05, 0.1) is 5.69 Å². The minimum absolute atomic E-state index is 0.301. The highest BCUT2D eigenvalue weighted by atomic mass is 79.9. The molecule has 88 valence electrons. The molecule has 0 spiro atoms. The van der Waals surface area contributed by atoms with Crippen LogP contribution in [0.4, 0.5) is 10.1 Å². The topological polar surface area (TPSA) is 12.0 Å².